The van der Waals surface area contributed by atoms with E-state index in [0.717, 1.165) is 32.2 Å². The van der Waals surface area contributed by atoms with Gasteiger partial charge in [-0.15, -0.1) is 11.8 Å². The lowest BCUT2D eigenvalue weighted by Crippen LogP contribution is -2.36. The molecule has 1 saturated carbocycles. The second-order valence-corrected chi connectivity index (χ2v) is 6.81. The van der Waals surface area contributed by atoms with Crippen LogP contribution in [-0.4, -0.2) is 37.3 Å². The predicted molar refractivity (Wildman–Crippen MR) is 72.6 cm³/mol. The topological polar surface area (TPSA) is 27.7 Å². The maximum absolute atomic E-state index is 5.90. The molecule has 1 atom stereocenters. The molecule has 0 aromatic carbocycles. The summed E-state index contributed by atoms with van der Waals surface area (Å²) in [4.78, 5) is 0. The highest BCUT2D eigenvalue weighted by atomic mass is 32.2. The van der Waals surface area contributed by atoms with Crippen molar-refractivity contribution in [1.82, 2.24) is 0 Å². The highest BCUT2D eigenvalue weighted by Crippen LogP contribution is 2.39. The van der Waals surface area contributed by atoms with Crippen molar-refractivity contribution < 1.29 is 14.2 Å². The maximum atomic E-state index is 5.90. The molecule has 3 nitrogen and oxygen atoms in total. The Balaban J connectivity index is 1.45. The van der Waals surface area contributed by atoms with Crippen molar-refractivity contribution in [1.29, 1.82) is 0 Å². The van der Waals surface area contributed by atoms with Gasteiger partial charge in [-0.1, -0.05) is 0 Å². The first-order valence-corrected chi connectivity index (χ1v) is 8.45. The Hall–Kier alpha value is 0.230. The van der Waals surface area contributed by atoms with Crippen LogP contribution in [0.25, 0.3) is 0 Å². The van der Waals surface area contributed by atoms with E-state index in [0.29, 0.717) is 11.4 Å². The molecule has 2 aliphatic heterocycles. The largest absolute Gasteiger partial charge is 0.367 e. The van der Waals surface area contributed by atoms with E-state index in [2.05, 4.69) is 0 Å². The van der Waals surface area contributed by atoms with Gasteiger partial charge in [0, 0.05) is 12.5 Å². The maximum Gasteiger partial charge on any atom is 0.160 e. The van der Waals surface area contributed by atoms with Crippen LogP contribution in [0.5, 0.6) is 0 Å². The molecule has 3 fully saturated rings. The quantitative estimate of drug-likeness (QED) is 0.772. The number of hydrogen-bond donors (Lipinski definition) is 0. The average molecular weight is 272 g/mol. The van der Waals surface area contributed by atoms with E-state index in [1.165, 1.54) is 37.9 Å². The van der Waals surface area contributed by atoms with Crippen molar-refractivity contribution in [2.45, 2.75) is 50.3 Å². The summed E-state index contributed by atoms with van der Waals surface area (Å²) >= 11 is 2.02. The third-order valence-corrected chi connectivity index (χ3v) is 5.67. The molecule has 104 valence electrons. The van der Waals surface area contributed by atoms with Crippen molar-refractivity contribution in [3.05, 3.63) is 0 Å². The summed E-state index contributed by atoms with van der Waals surface area (Å²) in [5.74, 6) is 2.66. The molecule has 3 aliphatic rings. The molecule has 18 heavy (non-hydrogen) atoms. The minimum atomic E-state index is 0.0830. The first-order chi connectivity index (χ1) is 8.93. The van der Waals surface area contributed by atoms with Crippen LogP contribution in [0.1, 0.15) is 38.5 Å². The summed E-state index contributed by atoms with van der Waals surface area (Å²) in [5.41, 5.74) is 0.466. The lowest BCUT2D eigenvalue weighted by Gasteiger charge is -2.38. The molecule has 0 spiro atoms. The highest BCUT2D eigenvalue weighted by molar-refractivity contribution is 7.99. The van der Waals surface area contributed by atoms with E-state index < -0.39 is 0 Å². The molecule has 0 radical (unpaired) electrons. The molecule has 0 aromatic heterocycles. The van der Waals surface area contributed by atoms with Crippen LogP contribution in [0.15, 0.2) is 0 Å². The molecular weight excluding hydrogens is 248 g/mol. The van der Waals surface area contributed by atoms with Crippen molar-refractivity contribution >= 4 is 11.8 Å². The molecule has 0 aromatic rings. The molecule has 1 aliphatic carbocycles. The first kappa shape index (κ1) is 13.2. The van der Waals surface area contributed by atoms with Gasteiger partial charge in [0.2, 0.25) is 0 Å². The fraction of sp³-hybridized carbons (Fsp3) is 1.00. The third kappa shape index (κ3) is 3.21. The van der Waals surface area contributed by atoms with Gasteiger partial charge in [0.25, 0.3) is 0 Å². The Kier molecular flexibility index (Phi) is 4.85. The first-order valence-electron chi connectivity index (χ1n) is 7.40. The van der Waals surface area contributed by atoms with Gasteiger partial charge in [-0.2, -0.15) is 0 Å². The molecule has 0 bridgehead atoms. The molecular formula is C14H24O3S. The van der Waals surface area contributed by atoms with Crippen LogP contribution in [-0.2, 0) is 14.2 Å². The standard InChI is InChI=1S/C14H24O3S/c1-7-15-13(16-8-1)11-3-5-12(6-4-11)14-17-9-2-10-18-14/h11-14H,1-10H2. The minimum absolute atomic E-state index is 0.0830. The summed E-state index contributed by atoms with van der Waals surface area (Å²) in [7, 11) is 0. The Morgan fingerprint density at radius 2 is 1.39 bits per heavy atom. The molecule has 2 saturated heterocycles. The van der Waals surface area contributed by atoms with E-state index in [9.17, 15) is 0 Å². The van der Waals surface area contributed by atoms with Crippen LogP contribution in [0.3, 0.4) is 0 Å². The molecule has 4 heteroatoms. The Morgan fingerprint density at radius 3 is 2.06 bits per heavy atom. The van der Waals surface area contributed by atoms with Crippen molar-refractivity contribution in [3.63, 3.8) is 0 Å². The second kappa shape index (κ2) is 6.60. The lowest BCUT2D eigenvalue weighted by molar-refractivity contribution is -0.211. The van der Waals surface area contributed by atoms with Crippen molar-refractivity contribution in [2.75, 3.05) is 25.6 Å². The minimum Gasteiger partial charge on any atom is -0.367 e. The van der Waals surface area contributed by atoms with Crippen molar-refractivity contribution in [3.8, 4) is 0 Å². The zero-order valence-corrected chi connectivity index (χ0v) is 11.8. The second-order valence-electron chi connectivity index (χ2n) is 5.60. The summed E-state index contributed by atoms with van der Waals surface area (Å²) in [6.07, 6.45) is 7.42. The van der Waals surface area contributed by atoms with Gasteiger partial charge in [0.05, 0.1) is 13.2 Å². The van der Waals surface area contributed by atoms with E-state index in [-0.39, 0.29) is 6.29 Å². The molecule has 1 unspecified atom stereocenters. The summed E-state index contributed by atoms with van der Waals surface area (Å²) in [5, 5.41) is 0. The lowest BCUT2D eigenvalue weighted by atomic mass is 9.81. The Bertz CT molecular complexity index is 215. The van der Waals surface area contributed by atoms with E-state index >= 15 is 0 Å². The summed E-state index contributed by atoms with van der Waals surface area (Å²) in [6.45, 7) is 2.73. The number of rotatable bonds is 2. The fourth-order valence-electron chi connectivity index (χ4n) is 3.25. The average Bonchev–Trinajstić information content (AvgIpc) is 2.49. The third-order valence-electron chi connectivity index (χ3n) is 4.29. The van der Waals surface area contributed by atoms with Gasteiger partial charge in [0.15, 0.2) is 6.29 Å². The van der Waals surface area contributed by atoms with Gasteiger partial charge < -0.3 is 14.2 Å². The molecule has 3 rings (SSSR count). The van der Waals surface area contributed by atoms with Gasteiger partial charge in [0.1, 0.15) is 5.44 Å². The monoisotopic (exact) mass is 272 g/mol. The van der Waals surface area contributed by atoms with Crippen molar-refractivity contribution in [2.24, 2.45) is 11.8 Å². The predicted octanol–water partition coefficient (Wildman–Crippen LogP) is 3.04. The van der Waals surface area contributed by atoms with Crippen LogP contribution in [0.2, 0.25) is 0 Å². The van der Waals surface area contributed by atoms with E-state index in [1.54, 1.807) is 0 Å². The fourth-order valence-corrected chi connectivity index (χ4v) is 4.50. The van der Waals surface area contributed by atoms with Gasteiger partial charge >= 0.3 is 0 Å². The van der Waals surface area contributed by atoms with Crippen LogP contribution in [0.4, 0.5) is 0 Å². The SMILES string of the molecule is C1COC(C2CCC(C3OCCCS3)CC2)OC1. The highest BCUT2D eigenvalue weighted by Gasteiger charge is 2.34. The van der Waals surface area contributed by atoms with E-state index in [4.69, 9.17) is 14.2 Å². The summed E-state index contributed by atoms with van der Waals surface area (Å²) < 4.78 is 17.4. The zero-order chi connectivity index (χ0) is 12.2. The smallest absolute Gasteiger partial charge is 0.160 e. The van der Waals surface area contributed by atoms with Gasteiger partial charge in [-0.25, -0.2) is 0 Å². The van der Waals surface area contributed by atoms with Crippen LogP contribution in [0, 0.1) is 11.8 Å². The van der Waals surface area contributed by atoms with Crippen LogP contribution < -0.4 is 0 Å². The van der Waals surface area contributed by atoms with Crippen LogP contribution >= 0.6 is 11.8 Å². The number of thioether (sulfide) groups is 1. The zero-order valence-electron chi connectivity index (χ0n) is 11.0. The molecule has 0 amide bonds. The van der Waals surface area contributed by atoms with E-state index in [1.807, 2.05) is 11.8 Å². The molecule has 2 heterocycles. The summed E-state index contributed by atoms with van der Waals surface area (Å²) in [6, 6.07) is 0. The number of hydrogen-bond acceptors (Lipinski definition) is 4. The Labute approximate surface area is 114 Å². The molecule has 0 N–H and O–H groups in total. The Morgan fingerprint density at radius 1 is 0.722 bits per heavy atom. The normalized spacial score (nSPS) is 39.7. The number of ether oxygens (including phenoxy) is 3. The van der Waals surface area contributed by atoms with Gasteiger partial charge in [-0.3, -0.25) is 0 Å². The van der Waals surface area contributed by atoms with Gasteiger partial charge in [-0.05, 0) is 50.2 Å².